The third-order valence-corrected chi connectivity index (χ3v) is 6.86. The minimum Gasteiger partial charge on any atom is -0.368 e. The molecule has 1 aliphatic heterocycles. The molecule has 2 aliphatic rings. The number of rotatable bonds is 6. The molecule has 1 saturated heterocycles. The number of carbonyl (C=O) groups is 3. The molecule has 7 heteroatoms. The van der Waals surface area contributed by atoms with Crippen molar-refractivity contribution in [3.8, 4) is 0 Å². The van der Waals surface area contributed by atoms with Gasteiger partial charge in [0.05, 0.1) is 5.92 Å². The molecular weight excluding hydrogens is 416 g/mol. The second kappa shape index (κ2) is 10.6. The van der Waals surface area contributed by atoms with E-state index in [1.807, 2.05) is 53.4 Å². The second-order valence-corrected chi connectivity index (χ2v) is 8.91. The van der Waals surface area contributed by atoms with Crippen LogP contribution in [0, 0.1) is 5.92 Å². The molecule has 3 amide bonds. The van der Waals surface area contributed by atoms with E-state index >= 15 is 0 Å². The van der Waals surface area contributed by atoms with Gasteiger partial charge in [0, 0.05) is 37.8 Å². The molecule has 2 fully saturated rings. The maximum atomic E-state index is 13.3. The molecule has 2 unspecified atom stereocenters. The summed E-state index contributed by atoms with van der Waals surface area (Å²) in [6.45, 7) is 2.77. The van der Waals surface area contributed by atoms with Crippen LogP contribution >= 0.6 is 0 Å². The molecule has 2 aromatic carbocycles. The Morgan fingerprint density at radius 2 is 1.45 bits per heavy atom. The number of hydrogen-bond acceptors (Lipinski definition) is 4. The number of carbonyl (C=O) groups excluding carboxylic acids is 3. The maximum Gasteiger partial charge on any atom is 0.253 e. The van der Waals surface area contributed by atoms with E-state index in [-0.39, 0.29) is 23.8 Å². The summed E-state index contributed by atoms with van der Waals surface area (Å²) in [5.41, 5.74) is 7.02. The van der Waals surface area contributed by atoms with Crippen LogP contribution in [0.25, 0.3) is 0 Å². The van der Waals surface area contributed by atoms with E-state index in [2.05, 4.69) is 10.2 Å². The zero-order chi connectivity index (χ0) is 23.2. The zero-order valence-corrected chi connectivity index (χ0v) is 18.9. The summed E-state index contributed by atoms with van der Waals surface area (Å²) in [6.07, 6.45) is 3.81. The molecule has 0 bridgehead atoms. The van der Waals surface area contributed by atoms with Crippen LogP contribution in [0.15, 0.2) is 60.7 Å². The second-order valence-electron chi connectivity index (χ2n) is 8.91. The quantitative estimate of drug-likeness (QED) is 0.709. The smallest absolute Gasteiger partial charge is 0.253 e. The standard InChI is InChI=1S/C26H32N4O3/c27-24(31)23(19-9-3-1-4-10-19)28-25(32)21-13-7-8-14-22(21)29-15-17-30(18-16-29)26(33)20-11-5-2-6-12-20/h1-6,9-12,21-23H,7-8,13-18H2,(H2,27,31)(H,28,32)/t21?,22?,23-/m0/s1. The number of piperazine rings is 1. The topological polar surface area (TPSA) is 95.7 Å². The molecule has 33 heavy (non-hydrogen) atoms. The molecule has 0 radical (unpaired) electrons. The van der Waals surface area contributed by atoms with Crippen LogP contribution in [-0.2, 0) is 9.59 Å². The average molecular weight is 449 g/mol. The molecule has 3 N–H and O–H groups in total. The molecule has 1 saturated carbocycles. The normalized spacial score (nSPS) is 22.4. The molecule has 0 spiro atoms. The van der Waals surface area contributed by atoms with Crippen LogP contribution in [0.3, 0.4) is 0 Å². The van der Waals surface area contributed by atoms with E-state index in [9.17, 15) is 14.4 Å². The Hall–Kier alpha value is -3.19. The monoisotopic (exact) mass is 448 g/mol. The number of nitrogens with one attached hydrogen (secondary N) is 1. The lowest BCUT2D eigenvalue weighted by Gasteiger charge is -2.44. The predicted molar refractivity (Wildman–Crippen MR) is 126 cm³/mol. The predicted octanol–water partition coefficient (Wildman–Crippen LogP) is 2.35. The van der Waals surface area contributed by atoms with Crippen molar-refractivity contribution >= 4 is 17.7 Å². The molecule has 4 rings (SSSR count). The summed E-state index contributed by atoms with van der Waals surface area (Å²) in [5.74, 6) is -0.814. The van der Waals surface area contributed by atoms with Gasteiger partial charge in [-0.1, -0.05) is 61.4 Å². The van der Waals surface area contributed by atoms with Crippen molar-refractivity contribution in [1.82, 2.24) is 15.1 Å². The van der Waals surface area contributed by atoms with Gasteiger partial charge in [-0.25, -0.2) is 0 Å². The average Bonchev–Trinajstić information content (AvgIpc) is 2.87. The Balaban J connectivity index is 1.40. The maximum absolute atomic E-state index is 13.3. The van der Waals surface area contributed by atoms with Crippen molar-refractivity contribution < 1.29 is 14.4 Å². The largest absolute Gasteiger partial charge is 0.368 e. The molecule has 1 aliphatic carbocycles. The first-order valence-electron chi connectivity index (χ1n) is 11.8. The molecule has 174 valence electrons. The van der Waals surface area contributed by atoms with Gasteiger partial charge in [-0.15, -0.1) is 0 Å². The highest BCUT2D eigenvalue weighted by Gasteiger charge is 2.38. The molecule has 7 nitrogen and oxygen atoms in total. The number of primary amides is 1. The summed E-state index contributed by atoms with van der Waals surface area (Å²) in [6, 6.07) is 17.8. The SMILES string of the molecule is NC(=O)[C@@H](NC(=O)C1CCCCC1N1CCN(C(=O)c2ccccc2)CC1)c1ccccc1. The van der Waals surface area contributed by atoms with Crippen LogP contribution in [0.4, 0.5) is 0 Å². The Morgan fingerprint density at radius 1 is 0.848 bits per heavy atom. The summed E-state index contributed by atoms with van der Waals surface area (Å²) in [4.78, 5) is 42.4. The van der Waals surface area contributed by atoms with Crippen LogP contribution in [0.1, 0.15) is 47.6 Å². The van der Waals surface area contributed by atoms with Gasteiger partial charge >= 0.3 is 0 Å². The first-order chi connectivity index (χ1) is 16.0. The van der Waals surface area contributed by atoms with Crippen molar-refractivity contribution in [2.24, 2.45) is 11.7 Å². The highest BCUT2D eigenvalue weighted by atomic mass is 16.2. The minimum absolute atomic E-state index is 0.0559. The molecule has 1 heterocycles. The van der Waals surface area contributed by atoms with E-state index in [1.54, 1.807) is 12.1 Å². The van der Waals surface area contributed by atoms with Gasteiger partial charge in [0.15, 0.2) is 0 Å². The van der Waals surface area contributed by atoms with Gasteiger partial charge in [-0.05, 0) is 30.5 Å². The molecular formula is C26H32N4O3. The summed E-state index contributed by atoms with van der Waals surface area (Å²) >= 11 is 0. The fourth-order valence-corrected chi connectivity index (χ4v) is 5.09. The van der Waals surface area contributed by atoms with Crippen molar-refractivity contribution in [3.63, 3.8) is 0 Å². The Morgan fingerprint density at radius 3 is 2.09 bits per heavy atom. The number of nitrogens with zero attached hydrogens (tertiary/aromatic N) is 2. The molecule has 3 atom stereocenters. The summed E-state index contributed by atoms with van der Waals surface area (Å²) in [5, 5.41) is 2.92. The Bertz CT molecular complexity index is 958. The lowest BCUT2D eigenvalue weighted by Crippen LogP contribution is -2.56. The van der Waals surface area contributed by atoms with Gasteiger partial charge in [-0.2, -0.15) is 0 Å². The number of benzene rings is 2. The van der Waals surface area contributed by atoms with Crippen LogP contribution in [0.2, 0.25) is 0 Å². The highest BCUT2D eigenvalue weighted by Crippen LogP contribution is 2.30. The number of nitrogens with two attached hydrogens (primary N) is 1. The first-order valence-corrected chi connectivity index (χ1v) is 11.8. The van der Waals surface area contributed by atoms with Gasteiger partial charge in [0.1, 0.15) is 6.04 Å². The van der Waals surface area contributed by atoms with E-state index in [0.29, 0.717) is 24.2 Å². The van der Waals surface area contributed by atoms with Crippen molar-refractivity contribution in [2.45, 2.75) is 37.8 Å². The summed E-state index contributed by atoms with van der Waals surface area (Å²) in [7, 11) is 0. The third-order valence-electron chi connectivity index (χ3n) is 6.86. The van der Waals surface area contributed by atoms with E-state index < -0.39 is 11.9 Å². The lowest BCUT2D eigenvalue weighted by atomic mass is 9.82. The van der Waals surface area contributed by atoms with Gasteiger partial charge in [0.25, 0.3) is 5.91 Å². The highest BCUT2D eigenvalue weighted by molar-refractivity contribution is 5.94. The minimum atomic E-state index is -0.832. The van der Waals surface area contributed by atoms with Crippen LogP contribution < -0.4 is 11.1 Å². The lowest BCUT2D eigenvalue weighted by molar-refractivity contribution is -0.133. The molecule has 0 aromatic heterocycles. The van der Waals surface area contributed by atoms with Gasteiger partial charge in [0.2, 0.25) is 11.8 Å². The van der Waals surface area contributed by atoms with Crippen LogP contribution in [-0.4, -0.2) is 59.7 Å². The van der Waals surface area contributed by atoms with Crippen molar-refractivity contribution in [1.29, 1.82) is 0 Å². The van der Waals surface area contributed by atoms with Gasteiger partial charge < -0.3 is 16.0 Å². The van der Waals surface area contributed by atoms with Crippen LogP contribution in [0.5, 0.6) is 0 Å². The first kappa shape index (κ1) is 23.0. The fourth-order valence-electron chi connectivity index (χ4n) is 5.09. The number of hydrogen-bond donors (Lipinski definition) is 2. The Labute approximate surface area is 194 Å². The van der Waals surface area contributed by atoms with Crippen molar-refractivity contribution in [3.05, 3.63) is 71.8 Å². The van der Waals surface area contributed by atoms with E-state index in [1.165, 1.54) is 0 Å². The third kappa shape index (κ3) is 5.42. The zero-order valence-electron chi connectivity index (χ0n) is 18.9. The van der Waals surface area contributed by atoms with E-state index in [4.69, 9.17) is 5.73 Å². The molecule has 2 aromatic rings. The number of amides is 3. The fraction of sp³-hybridized carbons (Fsp3) is 0.423. The van der Waals surface area contributed by atoms with Gasteiger partial charge in [-0.3, -0.25) is 19.3 Å². The Kier molecular flexibility index (Phi) is 7.40. The van der Waals surface area contributed by atoms with E-state index in [0.717, 1.165) is 38.8 Å². The summed E-state index contributed by atoms with van der Waals surface area (Å²) < 4.78 is 0. The van der Waals surface area contributed by atoms with Crippen molar-refractivity contribution in [2.75, 3.05) is 26.2 Å².